The lowest BCUT2D eigenvalue weighted by Gasteiger charge is -2.11. The molecule has 1 atom stereocenters. The molecule has 0 bridgehead atoms. The predicted molar refractivity (Wildman–Crippen MR) is 109 cm³/mol. The molecule has 0 saturated carbocycles. The van der Waals surface area contributed by atoms with Gasteiger partial charge in [0, 0.05) is 16.8 Å². The van der Waals surface area contributed by atoms with Crippen LogP contribution in [0.2, 0.25) is 0 Å². The van der Waals surface area contributed by atoms with Gasteiger partial charge in [-0.1, -0.05) is 30.3 Å². The molecule has 142 valence electrons. The Morgan fingerprint density at radius 3 is 2.59 bits per heavy atom. The third-order valence-electron chi connectivity index (χ3n) is 4.98. The average Bonchev–Trinajstić information content (AvgIpc) is 3.30. The highest BCUT2D eigenvalue weighted by Crippen LogP contribution is 2.33. The highest BCUT2D eigenvalue weighted by Gasteiger charge is 2.32. The van der Waals surface area contributed by atoms with Crippen LogP contribution >= 0.6 is 0 Å². The van der Waals surface area contributed by atoms with Crippen LogP contribution in [-0.4, -0.2) is 21.8 Å². The summed E-state index contributed by atoms with van der Waals surface area (Å²) in [4.78, 5) is 32.2. The molecule has 1 unspecified atom stereocenters. The summed E-state index contributed by atoms with van der Waals surface area (Å²) < 4.78 is 5.33. The third kappa shape index (κ3) is 3.25. The maximum atomic E-state index is 12.4. The van der Waals surface area contributed by atoms with E-state index in [4.69, 9.17) is 4.74 Å². The van der Waals surface area contributed by atoms with Gasteiger partial charge in [-0.2, -0.15) is 0 Å². The number of fused-ring (bicyclic) bond motifs is 2. The van der Waals surface area contributed by atoms with Gasteiger partial charge < -0.3 is 15.0 Å². The number of amides is 1. The van der Waals surface area contributed by atoms with Gasteiger partial charge in [0.1, 0.15) is 11.9 Å². The van der Waals surface area contributed by atoms with Crippen molar-refractivity contribution in [2.75, 3.05) is 5.32 Å². The number of para-hydroxylation sites is 2. The summed E-state index contributed by atoms with van der Waals surface area (Å²) in [5, 5.41) is 2.86. The summed E-state index contributed by atoms with van der Waals surface area (Å²) in [6.45, 7) is 0. The monoisotopic (exact) mass is 383 g/mol. The molecule has 1 aliphatic rings. The first kappa shape index (κ1) is 17.2. The first-order chi connectivity index (χ1) is 14.2. The Hall–Kier alpha value is -3.93. The van der Waals surface area contributed by atoms with E-state index in [0.717, 1.165) is 28.0 Å². The molecule has 1 aromatic heterocycles. The number of cyclic esters (lactones) is 1. The first-order valence-corrected chi connectivity index (χ1v) is 9.32. The molecule has 5 rings (SSSR count). The number of benzene rings is 3. The van der Waals surface area contributed by atoms with Crippen molar-refractivity contribution in [3.05, 3.63) is 83.9 Å². The lowest BCUT2D eigenvalue weighted by molar-refractivity contribution is -0.118. The number of H-pyrrole nitrogens is 1. The standard InChI is InChI=1S/C23H17N3O3/c27-21(13-20-16-5-1-2-6-17(16)23(28)29-20)24-15-11-9-14(10-12-15)22-25-18-7-3-4-8-19(18)26-22/h1-12,20H,13H2,(H,24,27)(H,25,26). The van der Waals surface area contributed by atoms with Crippen molar-refractivity contribution in [3.63, 3.8) is 0 Å². The number of rotatable bonds is 4. The van der Waals surface area contributed by atoms with Crippen molar-refractivity contribution in [2.24, 2.45) is 0 Å². The van der Waals surface area contributed by atoms with Crippen LogP contribution in [0.3, 0.4) is 0 Å². The summed E-state index contributed by atoms with van der Waals surface area (Å²) in [6.07, 6.45) is -0.470. The van der Waals surface area contributed by atoms with Crippen LogP contribution in [-0.2, 0) is 9.53 Å². The average molecular weight is 383 g/mol. The molecule has 6 nitrogen and oxygen atoms in total. The van der Waals surface area contributed by atoms with Crippen molar-refractivity contribution < 1.29 is 14.3 Å². The number of anilines is 1. The molecule has 6 heteroatoms. The molecule has 4 aromatic rings. The number of carbonyl (C=O) groups excluding carboxylic acids is 2. The number of aromatic nitrogens is 2. The Morgan fingerprint density at radius 2 is 1.76 bits per heavy atom. The molecule has 0 saturated heterocycles. The number of carbonyl (C=O) groups is 2. The molecule has 3 aromatic carbocycles. The number of aromatic amines is 1. The van der Waals surface area contributed by atoms with Gasteiger partial charge in [0.15, 0.2) is 0 Å². The predicted octanol–water partition coefficient (Wildman–Crippen LogP) is 4.47. The maximum absolute atomic E-state index is 12.4. The van der Waals surface area contributed by atoms with Crippen LogP contribution in [0.1, 0.15) is 28.4 Å². The topological polar surface area (TPSA) is 84.1 Å². The molecule has 1 amide bonds. The minimum atomic E-state index is -0.548. The molecular weight excluding hydrogens is 366 g/mol. The fourth-order valence-corrected chi connectivity index (χ4v) is 3.55. The molecular formula is C23H17N3O3. The molecule has 0 radical (unpaired) electrons. The van der Waals surface area contributed by atoms with Gasteiger partial charge in [-0.3, -0.25) is 4.79 Å². The van der Waals surface area contributed by atoms with E-state index in [0.29, 0.717) is 11.3 Å². The SMILES string of the molecule is O=C(CC1OC(=O)c2ccccc21)Nc1ccc(-c2nc3ccccc3[nH]2)cc1. The van der Waals surface area contributed by atoms with Crippen molar-refractivity contribution in [1.29, 1.82) is 0 Å². The van der Waals surface area contributed by atoms with Crippen LogP contribution in [0.4, 0.5) is 5.69 Å². The summed E-state index contributed by atoms with van der Waals surface area (Å²) in [5.41, 5.74) is 4.77. The van der Waals surface area contributed by atoms with E-state index in [1.807, 2.05) is 60.7 Å². The summed E-state index contributed by atoms with van der Waals surface area (Å²) in [5.74, 6) is 0.183. The Labute approximate surface area is 166 Å². The number of hydrogen-bond donors (Lipinski definition) is 2. The smallest absolute Gasteiger partial charge is 0.339 e. The van der Waals surface area contributed by atoms with Crippen LogP contribution in [0.15, 0.2) is 72.8 Å². The zero-order chi connectivity index (χ0) is 19.8. The Bertz CT molecular complexity index is 1190. The van der Waals surface area contributed by atoms with Crippen LogP contribution in [0, 0.1) is 0 Å². The first-order valence-electron chi connectivity index (χ1n) is 9.32. The Kier molecular flexibility index (Phi) is 4.09. The second-order valence-electron chi connectivity index (χ2n) is 6.91. The Balaban J connectivity index is 1.28. The lowest BCUT2D eigenvalue weighted by Crippen LogP contribution is -2.15. The fraction of sp³-hybridized carbons (Fsp3) is 0.0870. The highest BCUT2D eigenvalue weighted by molar-refractivity contribution is 5.96. The largest absolute Gasteiger partial charge is 0.453 e. The minimum Gasteiger partial charge on any atom is -0.453 e. The fourth-order valence-electron chi connectivity index (χ4n) is 3.55. The summed E-state index contributed by atoms with van der Waals surface area (Å²) in [6, 6.07) is 22.5. The van der Waals surface area contributed by atoms with E-state index in [1.165, 1.54) is 0 Å². The maximum Gasteiger partial charge on any atom is 0.339 e. The second-order valence-corrected chi connectivity index (χ2v) is 6.91. The number of esters is 1. The van der Waals surface area contributed by atoms with E-state index >= 15 is 0 Å². The molecule has 29 heavy (non-hydrogen) atoms. The van der Waals surface area contributed by atoms with E-state index in [1.54, 1.807) is 12.1 Å². The number of imidazole rings is 1. The quantitative estimate of drug-likeness (QED) is 0.509. The molecule has 2 heterocycles. The van der Waals surface area contributed by atoms with Gasteiger partial charge in [-0.25, -0.2) is 9.78 Å². The molecule has 0 aliphatic carbocycles. The lowest BCUT2D eigenvalue weighted by atomic mass is 10.0. The number of ether oxygens (including phenoxy) is 1. The van der Waals surface area contributed by atoms with Gasteiger partial charge in [0.25, 0.3) is 0 Å². The van der Waals surface area contributed by atoms with Gasteiger partial charge in [-0.15, -0.1) is 0 Å². The third-order valence-corrected chi connectivity index (χ3v) is 4.98. The van der Waals surface area contributed by atoms with Gasteiger partial charge >= 0.3 is 5.97 Å². The van der Waals surface area contributed by atoms with Crippen molar-refractivity contribution in [3.8, 4) is 11.4 Å². The van der Waals surface area contributed by atoms with Crippen LogP contribution in [0.5, 0.6) is 0 Å². The van der Waals surface area contributed by atoms with Crippen LogP contribution in [0.25, 0.3) is 22.4 Å². The number of nitrogens with one attached hydrogen (secondary N) is 2. The summed E-state index contributed by atoms with van der Waals surface area (Å²) in [7, 11) is 0. The van der Waals surface area contributed by atoms with Gasteiger partial charge in [-0.05, 0) is 42.5 Å². The molecule has 0 spiro atoms. The highest BCUT2D eigenvalue weighted by atomic mass is 16.5. The van der Waals surface area contributed by atoms with E-state index in [9.17, 15) is 9.59 Å². The van der Waals surface area contributed by atoms with Gasteiger partial charge in [0.2, 0.25) is 5.91 Å². The van der Waals surface area contributed by atoms with E-state index in [2.05, 4.69) is 15.3 Å². The zero-order valence-electron chi connectivity index (χ0n) is 15.4. The molecule has 2 N–H and O–H groups in total. The van der Waals surface area contributed by atoms with Crippen molar-refractivity contribution in [1.82, 2.24) is 9.97 Å². The second kappa shape index (κ2) is 6.91. The molecule has 0 fully saturated rings. The van der Waals surface area contributed by atoms with Gasteiger partial charge in [0.05, 0.1) is 23.0 Å². The summed E-state index contributed by atoms with van der Waals surface area (Å²) >= 11 is 0. The Morgan fingerprint density at radius 1 is 1.00 bits per heavy atom. The van der Waals surface area contributed by atoms with Crippen LogP contribution < -0.4 is 5.32 Å². The van der Waals surface area contributed by atoms with Crippen molar-refractivity contribution >= 4 is 28.6 Å². The van der Waals surface area contributed by atoms with Crippen molar-refractivity contribution in [2.45, 2.75) is 12.5 Å². The van der Waals surface area contributed by atoms with E-state index in [-0.39, 0.29) is 18.3 Å². The number of nitrogens with zero attached hydrogens (tertiary/aromatic N) is 1. The van der Waals surface area contributed by atoms with E-state index < -0.39 is 6.10 Å². The number of hydrogen-bond acceptors (Lipinski definition) is 4. The zero-order valence-corrected chi connectivity index (χ0v) is 15.4. The minimum absolute atomic E-state index is 0.0775. The normalized spacial score (nSPS) is 15.2. The molecule has 1 aliphatic heterocycles.